The van der Waals surface area contributed by atoms with E-state index in [-0.39, 0.29) is 32.3 Å². The topological polar surface area (TPSA) is 0 Å². The Morgan fingerprint density at radius 2 is 1.38 bits per heavy atom. The van der Waals surface area contributed by atoms with Crippen LogP contribution in [0.25, 0.3) is 0 Å². The zero-order valence-corrected chi connectivity index (χ0v) is 9.33. The zero-order valence-electron chi connectivity index (χ0n) is 6.36. The first-order valence-corrected chi connectivity index (χ1v) is 2.12. The normalized spacial score (nSPS) is 8.38. The summed E-state index contributed by atoms with van der Waals surface area (Å²) >= 11 is 0. The molecule has 44 valence electrons. The van der Waals surface area contributed by atoms with Gasteiger partial charge in [-0.05, 0) is 0 Å². The second kappa shape index (κ2) is 5.50. The second-order valence-electron chi connectivity index (χ2n) is 2.53. The van der Waals surface area contributed by atoms with Crippen molar-refractivity contribution in [2.75, 3.05) is 0 Å². The quantitative estimate of drug-likeness (QED) is 0.380. The van der Waals surface area contributed by atoms with Crippen molar-refractivity contribution >= 4 is 0 Å². The number of hydrogen-bond acceptors (Lipinski definition) is 0. The van der Waals surface area contributed by atoms with Gasteiger partial charge in [-0.1, -0.05) is 26.2 Å². The minimum absolute atomic E-state index is 0. The maximum atomic E-state index is 5.18. The third kappa shape index (κ3) is 16.2. The fourth-order valence-electron chi connectivity index (χ4n) is 0. The summed E-state index contributed by atoms with van der Waals surface area (Å²) < 4.78 is 0. The van der Waals surface area contributed by atoms with Gasteiger partial charge >= 0.3 is 19.5 Å². The monoisotopic (exact) mass is 162 g/mol. The van der Waals surface area contributed by atoms with Gasteiger partial charge in [0.25, 0.3) is 0 Å². The van der Waals surface area contributed by atoms with Crippen LogP contribution in [0.15, 0.2) is 6.08 Å². The molecule has 8 heavy (non-hydrogen) atoms. The fourth-order valence-corrected chi connectivity index (χ4v) is 0. The van der Waals surface area contributed by atoms with Crippen molar-refractivity contribution in [3.8, 4) is 0 Å². The molecule has 0 bridgehead atoms. The van der Waals surface area contributed by atoms with Crippen LogP contribution >= 0.6 is 0 Å². The van der Waals surface area contributed by atoms with Crippen molar-refractivity contribution in [1.82, 2.24) is 0 Å². The van der Waals surface area contributed by atoms with Gasteiger partial charge in [0.1, 0.15) is 0 Å². The van der Waals surface area contributed by atoms with E-state index < -0.39 is 0 Å². The Bertz CT molecular complexity index is 49.9. The predicted octanol–water partition coefficient (Wildman–Crippen LogP) is 2.47. The molecule has 0 spiro atoms. The van der Waals surface area contributed by atoms with Gasteiger partial charge < -0.3 is 14.0 Å². The summed E-state index contributed by atoms with van der Waals surface area (Å²) in [5.41, 5.74) is 0.194. The van der Waals surface area contributed by atoms with Crippen molar-refractivity contribution < 1.29 is 19.5 Å². The van der Waals surface area contributed by atoms with E-state index in [1.165, 1.54) is 0 Å². The van der Waals surface area contributed by atoms with Gasteiger partial charge in [0.2, 0.25) is 0 Å². The van der Waals surface area contributed by atoms with Gasteiger partial charge in [0.15, 0.2) is 0 Å². The molecule has 0 aliphatic rings. The van der Waals surface area contributed by atoms with Crippen LogP contribution in [0.5, 0.6) is 0 Å². The van der Waals surface area contributed by atoms with E-state index in [0.717, 1.165) is 0 Å². The summed E-state index contributed by atoms with van der Waals surface area (Å²) in [4.78, 5) is 0. The smallest absolute Gasteiger partial charge is 0.517 e. The molecular formula is C7H14Zn. The molecule has 0 aromatic heterocycles. The Morgan fingerprint density at radius 1 is 1.25 bits per heavy atom. The molecule has 0 amide bonds. The van der Waals surface area contributed by atoms with Crippen LogP contribution in [0.1, 0.15) is 20.8 Å². The zero-order chi connectivity index (χ0) is 5.21. The van der Waals surface area contributed by atoms with Crippen LogP contribution in [0.4, 0.5) is 0 Å². The Morgan fingerprint density at radius 3 is 1.38 bits per heavy atom. The maximum absolute atomic E-state index is 5.18. The first-order chi connectivity index (χ1) is 2.56. The molecule has 0 aromatic rings. The van der Waals surface area contributed by atoms with E-state index in [2.05, 4.69) is 20.8 Å². The number of hydrogen-bond donors (Lipinski definition) is 0. The van der Waals surface area contributed by atoms with Crippen LogP contribution in [0.3, 0.4) is 0 Å². The summed E-state index contributed by atoms with van der Waals surface area (Å²) in [6, 6.07) is 0. The van der Waals surface area contributed by atoms with Crippen molar-refractivity contribution in [2.45, 2.75) is 20.8 Å². The summed E-state index contributed by atoms with van der Waals surface area (Å²) in [7, 11) is 0. The van der Waals surface area contributed by atoms with Crippen LogP contribution < -0.4 is 0 Å². The van der Waals surface area contributed by atoms with E-state index in [1.54, 1.807) is 6.08 Å². The molecule has 0 saturated heterocycles. The number of rotatable bonds is 0. The van der Waals surface area contributed by atoms with Crippen molar-refractivity contribution in [3.63, 3.8) is 0 Å². The second-order valence-corrected chi connectivity index (χ2v) is 2.53. The van der Waals surface area contributed by atoms with Gasteiger partial charge in [-0.25, -0.2) is 0 Å². The standard InChI is InChI=1S/C6H11.CH3.Zn/c1-5-6(2,3)4;;/h1,5H,2-4H3;1H3;/q2*-1;+2. The van der Waals surface area contributed by atoms with E-state index in [9.17, 15) is 0 Å². The molecule has 0 fully saturated rings. The molecule has 0 aliphatic carbocycles. The van der Waals surface area contributed by atoms with E-state index in [0.29, 0.717) is 0 Å². The average Bonchev–Trinajstić information content (AvgIpc) is 1.35. The van der Waals surface area contributed by atoms with Gasteiger partial charge in [-0.3, -0.25) is 6.08 Å². The molecule has 0 aliphatic heterocycles. The molecule has 0 saturated carbocycles. The molecule has 0 atom stereocenters. The Hall–Kier alpha value is 0.363. The first kappa shape index (κ1) is 15.8. The molecule has 0 N–H and O–H groups in total. The van der Waals surface area contributed by atoms with Gasteiger partial charge in [-0.15, -0.1) is 0 Å². The van der Waals surface area contributed by atoms with Gasteiger partial charge in [-0.2, -0.15) is 0 Å². The largest absolute Gasteiger partial charge is 2.00 e. The molecule has 0 nitrogen and oxygen atoms in total. The van der Waals surface area contributed by atoms with Crippen molar-refractivity contribution in [1.29, 1.82) is 0 Å². The Kier molecular flexibility index (Phi) is 10.8. The number of allylic oxidation sites excluding steroid dienone is 1. The average molecular weight is 164 g/mol. The van der Waals surface area contributed by atoms with Crippen LogP contribution in [-0.4, -0.2) is 0 Å². The molecule has 1 heteroatoms. The van der Waals surface area contributed by atoms with E-state index in [1.807, 2.05) is 0 Å². The molecule has 0 unspecified atom stereocenters. The van der Waals surface area contributed by atoms with E-state index >= 15 is 0 Å². The molecule has 0 aromatic carbocycles. The fraction of sp³-hybridized carbons (Fsp3) is 0.571. The van der Waals surface area contributed by atoms with Crippen LogP contribution in [-0.2, 0) is 19.5 Å². The third-order valence-corrected chi connectivity index (χ3v) is 0.500. The summed E-state index contributed by atoms with van der Waals surface area (Å²) in [6.07, 6.45) is 1.69. The van der Waals surface area contributed by atoms with Crippen molar-refractivity contribution in [3.05, 3.63) is 20.1 Å². The summed E-state index contributed by atoms with van der Waals surface area (Å²) in [5.74, 6) is 0. The molecular weight excluding hydrogens is 149 g/mol. The SMILES string of the molecule is [CH-]=CC(C)(C)C.[CH3-].[Zn+2]. The minimum Gasteiger partial charge on any atom is -0.517 e. The third-order valence-electron chi connectivity index (χ3n) is 0.500. The van der Waals surface area contributed by atoms with Gasteiger partial charge in [0.05, 0.1) is 0 Å². The molecule has 0 radical (unpaired) electrons. The minimum atomic E-state index is 0. The predicted molar refractivity (Wildman–Crippen MR) is 34.7 cm³/mol. The van der Waals surface area contributed by atoms with Crippen LogP contribution in [0, 0.1) is 19.4 Å². The maximum Gasteiger partial charge on any atom is 2.00 e. The Balaban J connectivity index is -0.000000125. The van der Waals surface area contributed by atoms with E-state index in [4.69, 9.17) is 6.58 Å². The molecule has 0 rings (SSSR count). The Labute approximate surface area is 66.1 Å². The van der Waals surface area contributed by atoms with Crippen molar-refractivity contribution in [2.24, 2.45) is 5.41 Å². The summed E-state index contributed by atoms with van der Waals surface area (Å²) in [5, 5.41) is 0. The molecule has 0 heterocycles. The van der Waals surface area contributed by atoms with Gasteiger partial charge in [0, 0.05) is 0 Å². The van der Waals surface area contributed by atoms with Crippen LogP contribution in [0.2, 0.25) is 0 Å². The summed E-state index contributed by atoms with van der Waals surface area (Å²) in [6.45, 7) is 11.4. The first-order valence-electron chi connectivity index (χ1n) is 2.12.